The molecular formula is C37H43N3O6S. The third kappa shape index (κ3) is 4.76. The summed E-state index contributed by atoms with van der Waals surface area (Å²) >= 11 is 0. The van der Waals surface area contributed by atoms with Crippen molar-refractivity contribution in [1.29, 1.82) is 0 Å². The van der Waals surface area contributed by atoms with Crippen LogP contribution in [-0.2, 0) is 26.2 Å². The number of aromatic nitrogens is 1. The molecule has 2 saturated carbocycles. The van der Waals surface area contributed by atoms with Gasteiger partial charge in [0.05, 0.1) is 23.5 Å². The molecule has 47 heavy (non-hydrogen) atoms. The van der Waals surface area contributed by atoms with E-state index in [0.29, 0.717) is 31.7 Å². The summed E-state index contributed by atoms with van der Waals surface area (Å²) in [6.07, 6.45) is 9.00. The van der Waals surface area contributed by atoms with Gasteiger partial charge < -0.3 is 14.2 Å². The summed E-state index contributed by atoms with van der Waals surface area (Å²) in [6, 6.07) is 11.7. The fourth-order valence-corrected chi connectivity index (χ4v) is 9.90. The second kappa shape index (κ2) is 10.9. The van der Waals surface area contributed by atoms with Crippen LogP contribution in [-0.4, -0.2) is 59.9 Å². The zero-order valence-electron chi connectivity index (χ0n) is 27.4. The van der Waals surface area contributed by atoms with Crippen LogP contribution in [0.5, 0.6) is 5.75 Å². The summed E-state index contributed by atoms with van der Waals surface area (Å²) in [7, 11) is -2.15. The molecule has 1 N–H and O–H groups in total. The fourth-order valence-electron chi connectivity index (χ4n) is 9.29. The molecule has 9 nitrogen and oxygen atoms in total. The van der Waals surface area contributed by atoms with Gasteiger partial charge in [-0.3, -0.25) is 14.4 Å². The number of sulfonamides is 1. The lowest BCUT2D eigenvalue weighted by atomic mass is 9.81. The number of piperidine rings is 1. The van der Waals surface area contributed by atoms with Gasteiger partial charge in [-0.1, -0.05) is 25.3 Å². The molecule has 5 aliphatic rings. The SMILES string of the molecule is COc1ccc2c(c1)C1CC1(C(=O)N1C3CCC1CC(=O)C3)Cn1c-2c(C2CCCCC2)c2ccc(C(=O)NS(=O)(=O)C(C)C)cc21. The van der Waals surface area contributed by atoms with E-state index in [2.05, 4.69) is 26.3 Å². The number of fused-ring (bicyclic) bond motifs is 9. The molecule has 3 aliphatic heterocycles. The maximum Gasteiger partial charge on any atom is 0.264 e. The predicted octanol–water partition coefficient (Wildman–Crippen LogP) is 6.04. The van der Waals surface area contributed by atoms with Crippen LogP contribution in [0.3, 0.4) is 0 Å². The molecule has 4 fully saturated rings. The maximum absolute atomic E-state index is 14.9. The highest BCUT2D eigenvalue weighted by Gasteiger charge is 2.65. The van der Waals surface area contributed by atoms with Gasteiger partial charge in [-0.2, -0.15) is 0 Å². The first-order valence-corrected chi connectivity index (χ1v) is 18.8. The molecular weight excluding hydrogens is 614 g/mol. The van der Waals surface area contributed by atoms with E-state index in [4.69, 9.17) is 4.74 Å². The van der Waals surface area contributed by atoms with E-state index in [1.165, 1.54) is 12.0 Å². The minimum absolute atomic E-state index is 0.00829. The monoisotopic (exact) mass is 657 g/mol. The first-order chi connectivity index (χ1) is 22.5. The Bertz CT molecular complexity index is 1920. The van der Waals surface area contributed by atoms with Crippen LogP contribution in [0, 0.1) is 5.41 Å². The molecule has 4 unspecified atom stereocenters. The number of hydrogen-bond acceptors (Lipinski definition) is 6. The Morgan fingerprint density at radius 2 is 1.70 bits per heavy atom. The molecule has 248 valence electrons. The molecule has 2 aliphatic carbocycles. The number of nitrogens with one attached hydrogen (secondary N) is 1. The van der Waals surface area contributed by atoms with Gasteiger partial charge in [0.1, 0.15) is 11.5 Å². The summed E-state index contributed by atoms with van der Waals surface area (Å²) in [4.78, 5) is 42.8. The number of carbonyl (C=O) groups excluding carboxylic acids is 3. The van der Waals surface area contributed by atoms with Gasteiger partial charge in [-0.15, -0.1) is 0 Å². The molecule has 10 heteroatoms. The second-order valence-corrected chi connectivity index (χ2v) is 17.1. The first kappa shape index (κ1) is 30.7. The number of amides is 2. The highest BCUT2D eigenvalue weighted by Crippen LogP contribution is 2.67. The normalized spacial score (nSPS) is 26.9. The van der Waals surface area contributed by atoms with Gasteiger partial charge in [0.25, 0.3) is 5.91 Å². The van der Waals surface area contributed by atoms with Gasteiger partial charge in [0, 0.05) is 59.4 Å². The minimum Gasteiger partial charge on any atom is -0.497 e. The van der Waals surface area contributed by atoms with E-state index in [0.717, 1.165) is 72.0 Å². The summed E-state index contributed by atoms with van der Waals surface area (Å²) in [5, 5.41) is 0.312. The highest BCUT2D eigenvalue weighted by molar-refractivity contribution is 7.90. The van der Waals surface area contributed by atoms with Crippen LogP contribution in [0.25, 0.3) is 22.2 Å². The van der Waals surface area contributed by atoms with Crippen molar-refractivity contribution in [3.8, 4) is 17.0 Å². The standard InChI is InChI=1S/C37H43N3O6S/c1-21(2)47(44,45)38-35(42)23-9-13-29-32(15-23)39-20-37(36(43)40-24-10-11-25(40)17-26(41)16-24)19-31(37)30-18-27(46-3)12-14-28(30)34(39)33(29)22-7-5-4-6-8-22/h9,12-15,18,21-22,24-25,31H,4-8,10-11,16-17,19-20H2,1-3H3,(H,38,42). The lowest BCUT2D eigenvalue weighted by Gasteiger charge is -2.37. The predicted molar refractivity (Wildman–Crippen MR) is 179 cm³/mol. The number of nitrogens with zero attached hydrogens (tertiary/aromatic N) is 2. The van der Waals surface area contributed by atoms with Crippen LogP contribution in [0.1, 0.15) is 111 Å². The van der Waals surface area contributed by atoms with E-state index < -0.39 is 26.6 Å². The van der Waals surface area contributed by atoms with Gasteiger partial charge in [-0.05, 0) is 93.3 Å². The van der Waals surface area contributed by atoms with Crippen molar-refractivity contribution in [2.24, 2.45) is 5.41 Å². The minimum atomic E-state index is -3.82. The lowest BCUT2D eigenvalue weighted by Crippen LogP contribution is -2.50. The smallest absolute Gasteiger partial charge is 0.264 e. The average Bonchev–Trinajstić information content (AvgIpc) is 3.64. The van der Waals surface area contributed by atoms with Crippen LogP contribution < -0.4 is 9.46 Å². The number of carbonyl (C=O) groups is 3. The summed E-state index contributed by atoms with van der Waals surface area (Å²) < 4.78 is 35.5. The first-order valence-electron chi connectivity index (χ1n) is 17.3. The molecule has 1 aromatic heterocycles. The van der Waals surface area contributed by atoms with Crippen LogP contribution >= 0.6 is 0 Å². The number of methoxy groups -OCH3 is 1. The molecule has 3 aromatic rings. The lowest BCUT2D eigenvalue weighted by molar-refractivity contribution is -0.144. The third-order valence-corrected chi connectivity index (χ3v) is 13.6. The molecule has 2 saturated heterocycles. The van der Waals surface area contributed by atoms with E-state index in [1.54, 1.807) is 27.0 Å². The molecule has 4 heterocycles. The molecule has 2 bridgehead atoms. The number of benzene rings is 2. The van der Waals surface area contributed by atoms with Crippen LogP contribution in [0.15, 0.2) is 36.4 Å². The van der Waals surface area contributed by atoms with E-state index in [1.807, 2.05) is 18.2 Å². The summed E-state index contributed by atoms with van der Waals surface area (Å²) in [5.41, 5.74) is 5.05. The van der Waals surface area contributed by atoms with Crippen molar-refractivity contribution in [3.05, 3.63) is 53.1 Å². The Hall–Kier alpha value is -3.66. The van der Waals surface area contributed by atoms with Crippen LogP contribution in [0.4, 0.5) is 0 Å². The molecule has 2 aromatic carbocycles. The Labute approximate surface area is 276 Å². The number of hydrogen-bond donors (Lipinski definition) is 1. The Kier molecular flexibility index (Phi) is 7.13. The zero-order chi connectivity index (χ0) is 32.8. The van der Waals surface area contributed by atoms with Crippen molar-refractivity contribution in [1.82, 2.24) is 14.2 Å². The second-order valence-electron chi connectivity index (χ2n) is 14.9. The van der Waals surface area contributed by atoms with Crippen molar-refractivity contribution in [3.63, 3.8) is 0 Å². The molecule has 0 radical (unpaired) electrons. The number of ether oxygens (including phenoxy) is 1. The average molecular weight is 658 g/mol. The summed E-state index contributed by atoms with van der Waals surface area (Å²) in [6.45, 7) is 3.55. The molecule has 2 amide bonds. The topological polar surface area (TPSA) is 115 Å². The number of Topliss-reactive ketones (excluding diaryl/α,β-unsaturated/α-hetero) is 1. The van der Waals surface area contributed by atoms with Crippen molar-refractivity contribution in [2.75, 3.05) is 7.11 Å². The molecule has 0 spiro atoms. The Morgan fingerprint density at radius 1 is 0.979 bits per heavy atom. The third-order valence-electron chi connectivity index (χ3n) is 11.8. The van der Waals surface area contributed by atoms with Gasteiger partial charge >= 0.3 is 0 Å². The van der Waals surface area contributed by atoms with Gasteiger partial charge in [0.2, 0.25) is 15.9 Å². The van der Waals surface area contributed by atoms with E-state index in [-0.39, 0.29) is 35.3 Å². The maximum atomic E-state index is 14.9. The van der Waals surface area contributed by atoms with Crippen molar-refractivity contribution < 1.29 is 27.5 Å². The van der Waals surface area contributed by atoms with Gasteiger partial charge in [-0.25, -0.2) is 13.1 Å². The highest BCUT2D eigenvalue weighted by atomic mass is 32.2. The van der Waals surface area contributed by atoms with Crippen molar-refractivity contribution >= 4 is 38.5 Å². The number of ketones is 1. The van der Waals surface area contributed by atoms with E-state index >= 15 is 0 Å². The quantitative estimate of drug-likeness (QED) is 0.346. The number of rotatable bonds is 6. The Morgan fingerprint density at radius 3 is 2.38 bits per heavy atom. The van der Waals surface area contributed by atoms with Gasteiger partial charge in [0.15, 0.2) is 0 Å². The summed E-state index contributed by atoms with van der Waals surface area (Å²) in [5.74, 6) is 0.844. The molecule has 4 atom stereocenters. The largest absolute Gasteiger partial charge is 0.497 e. The molecule has 8 rings (SSSR count). The van der Waals surface area contributed by atoms with E-state index in [9.17, 15) is 22.8 Å². The van der Waals surface area contributed by atoms with Crippen LogP contribution in [0.2, 0.25) is 0 Å². The zero-order valence-corrected chi connectivity index (χ0v) is 28.2. The fraction of sp³-hybridized carbons (Fsp3) is 0.541. The van der Waals surface area contributed by atoms with Crippen molar-refractivity contribution in [2.45, 2.75) is 114 Å². The Balaban J connectivity index is 1.33.